The molecule has 1 aromatic heterocycles. The van der Waals surface area contributed by atoms with E-state index < -0.39 is 16.0 Å². The van der Waals surface area contributed by atoms with E-state index in [1.165, 1.54) is 0 Å². The molecule has 1 unspecified atom stereocenters. The van der Waals surface area contributed by atoms with Crippen LogP contribution in [-0.4, -0.2) is 25.5 Å². The van der Waals surface area contributed by atoms with Gasteiger partial charge in [0.05, 0.1) is 0 Å². The number of sulfonamides is 1. The van der Waals surface area contributed by atoms with Gasteiger partial charge >= 0.3 is 5.97 Å². The normalized spacial score (nSPS) is 13.7. The number of thiophene rings is 1. The molecule has 1 aromatic rings. The van der Waals surface area contributed by atoms with Crippen LogP contribution in [0.5, 0.6) is 0 Å². The number of hydrogen-bond donors (Lipinski definition) is 2. The fraction of sp³-hybridized carbons (Fsp3) is 0.615. The number of aromatic carboxylic acids is 1. The van der Waals surface area contributed by atoms with Crippen LogP contribution in [0.3, 0.4) is 0 Å². The summed E-state index contributed by atoms with van der Waals surface area (Å²) in [6, 6.07) is -0.226. The SMILES string of the molecule is CCC(CC)C(C)NS(=O)(=O)c1c(C)csc1C(=O)O. The number of hydrogen-bond acceptors (Lipinski definition) is 4. The zero-order chi connectivity index (χ0) is 15.5. The van der Waals surface area contributed by atoms with E-state index in [1.807, 2.05) is 20.8 Å². The molecule has 5 nitrogen and oxygen atoms in total. The number of nitrogens with one attached hydrogen (secondary N) is 1. The van der Waals surface area contributed by atoms with Crippen molar-refractivity contribution in [3.05, 3.63) is 15.8 Å². The molecule has 0 saturated carbocycles. The maximum Gasteiger partial charge on any atom is 0.347 e. The van der Waals surface area contributed by atoms with E-state index in [2.05, 4.69) is 4.72 Å². The van der Waals surface area contributed by atoms with Gasteiger partial charge in [-0.05, 0) is 30.7 Å². The first kappa shape index (κ1) is 17.1. The highest BCUT2D eigenvalue weighted by molar-refractivity contribution is 7.89. The Morgan fingerprint density at radius 3 is 2.40 bits per heavy atom. The van der Waals surface area contributed by atoms with Crippen LogP contribution < -0.4 is 4.72 Å². The van der Waals surface area contributed by atoms with Gasteiger partial charge in [-0.2, -0.15) is 0 Å². The minimum atomic E-state index is -3.81. The number of carbonyl (C=O) groups is 1. The quantitative estimate of drug-likeness (QED) is 0.809. The molecule has 0 amide bonds. The summed E-state index contributed by atoms with van der Waals surface area (Å²) >= 11 is 0.939. The molecule has 0 bridgehead atoms. The van der Waals surface area contributed by atoms with Gasteiger partial charge < -0.3 is 5.11 Å². The van der Waals surface area contributed by atoms with Crippen molar-refractivity contribution in [1.82, 2.24) is 4.72 Å². The van der Waals surface area contributed by atoms with Gasteiger partial charge in [0, 0.05) is 6.04 Å². The van der Waals surface area contributed by atoms with Crippen molar-refractivity contribution in [2.75, 3.05) is 0 Å². The molecule has 1 atom stereocenters. The van der Waals surface area contributed by atoms with Crippen LogP contribution in [0.25, 0.3) is 0 Å². The lowest BCUT2D eigenvalue weighted by Gasteiger charge is -2.22. The van der Waals surface area contributed by atoms with E-state index in [0.29, 0.717) is 5.56 Å². The molecule has 2 N–H and O–H groups in total. The average Bonchev–Trinajstić information content (AvgIpc) is 2.73. The molecule has 0 aliphatic heterocycles. The second kappa shape index (κ2) is 6.69. The topological polar surface area (TPSA) is 83.5 Å². The Balaban J connectivity index is 3.12. The minimum absolute atomic E-state index is 0.104. The highest BCUT2D eigenvalue weighted by Crippen LogP contribution is 2.27. The second-order valence-electron chi connectivity index (χ2n) is 4.87. The van der Waals surface area contributed by atoms with E-state index in [1.54, 1.807) is 12.3 Å². The van der Waals surface area contributed by atoms with Gasteiger partial charge in [-0.15, -0.1) is 11.3 Å². The maximum atomic E-state index is 12.4. The minimum Gasteiger partial charge on any atom is -0.477 e. The number of rotatable bonds is 7. The summed E-state index contributed by atoms with van der Waals surface area (Å²) in [6.45, 7) is 7.45. The second-order valence-corrected chi connectivity index (χ2v) is 7.40. The van der Waals surface area contributed by atoms with Crippen LogP contribution >= 0.6 is 11.3 Å². The molecule has 0 aromatic carbocycles. The van der Waals surface area contributed by atoms with Gasteiger partial charge in [-0.1, -0.05) is 26.7 Å². The van der Waals surface area contributed by atoms with E-state index in [9.17, 15) is 13.2 Å². The molecule has 1 rings (SSSR count). The Hall–Kier alpha value is -0.920. The standard InChI is InChI=1S/C13H21NO4S2/c1-5-10(6-2)9(4)14-20(17,18)12-8(3)7-19-11(12)13(15)16/h7,9-10,14H,5-6H2,1-4H3,(H,15,16). The molecule has 1 heterocycles. The van der Waals surface area contributed by atoms with Crippen molar-refractivity contribution >= 4 is 27.3 Å². The smallest absolute Gasteiger partial charge is 0.347 e. The first-order valence-electron chi connectivity index (χ1n) is 6.58. The summed E-state index contributed by atoms with van der Waals surface area (Å²) < 4.78 is 27.4. The zero-order valence-corrected chi connectivity index (χ0v) is 13.8. The molecule has 20 heavy (non-hydrogen) atoms. The predicted molar refractivity (Wildman–Crippen MR) is 79.9 cm³/mol. The van der Waals surface area contributed by atoms with E-state index in [0.717, 1.165) is 24.2 Å². The lowest BCUT2D eigenvalue weighted by atomic mass is 9.96. The molecule has 7 heteroatoms. The van der Waals surface area contributed by atoms with Crippen LogP contribution in [-0.2, 0) is 10.0 Å². The highest BCUT2D eigenvalue weighted by Gasteiger charge is 2.29. The van der Waals surface area contributed by atoms with Gasteiger partial charge in [0.1, 0.15) is 9.77 Å². The number of aryl methyl sites for hydroxylation is 1. The van der Waals surface area contributed by atoms with Gasteiger partial charge in [0.2, 0.25) is 10.0 Å². The number of carboxylic acid groups (broad SMARTS) is 1. The average molecular weight is 319 g/mol. The van der Waals surface area contributed by atoms with E-state index in [4.69, 9.17) is 5.11 Å². The maximum absolute atomic E-state index is 12.4. The molecule has 114 valence electrons. The molecule has 0 fully saturated rings. The lowest BCUT2D eigenvalue weighted by Crippen LogP contribution is -2.38. The van der Waals surface area contributed by atoms with Gasteiger partial charge in [0.15, 0.2) is 0 Å². The molecule has 0 aliphatic rings. The summed E-state index contributed by atoms with van der Waals surface area (Å²) in [6.07, 6.45) is 1.74. The Morgan fingerprint density at radius 1 is 1.40 bits per heavy atom. The zero-order valence-electron chi connectivity index (χ0n) is 12.1. The summed E-state index contributed by atoms with van der Waals surface area (Å²) in [7, 11) is -3.81. The Bertz CT molecular complexity index is 573. The third-order valence-corrected chi connectivity index (χ3v) is 6.44. The molecular weight excluding hydrogens is 298 g/mol. The van der Waals surface area contributed by atoms with Crippen molar-refractivity contribution in [2.45, 2.75) is 51.5 Å². The third kappa shape index (κ3) is 3.59. The summed E-state index contributed by atoms with van der Waals surface area (Å²) in [5, 5.41) is 10.7. The first-order chi connectivity index (χ1) is 9.24. The van der Waals surface area contributed by atoms with Crippen molar-refractivity contribution in [1.29, 1.82) is 0 Å². The van der Waals surface area contributed by atoms with Crippen LogP contribution in [0.15, 0.2) is 10.3 Å². The van der Waals surface area contributed by atoms with E-state index in [-0.39, 0.29) is 21.7 Å². The molecule has 0 saturated heterocycles. The fourth-order valence-electron chi connectivity index (χ4n) is 2.31. The van der Waals surface area contributed by atoms with Crippen molar-refractivity contribution in [3.8, 4) is 0 Å². The highest BCUT2D eigenvalue weighted by atomic mass is 32.2. The van der Waals surface area contributed by atoms with Crippen molar-refractivity contribution < 1.29 is 18.3 Å². The first-order valence-corrected chi connectivity index (χ1v) is 8.94. The molecular formula is C13H21NO4S2. The summed E-state index contributed by atoms with van der Waals surface area (Å²) in [5.74, 6) is -0.976. The van der Waals surface area contributed by atoms with Crippen LogP contribution in [0.1, 0.15) is 48.8 Å². The molecule has 0 spiro atoms. The largest absolute Gasteiger partial charge is 0.477 e. The van der Waals surface area contributed by atoms with Gasteiger partial charge in [0.25, 0.3) is 0 Å². The Labute approximate surface area is 124 Å². The van der Waals surface area contributed by atoms with Crippen LogP contribution in [0, 0.1) is 12.8 Å². The number of carboxylic acids is 1. The van der Waals surface area contributed by atoms with E-state index >= 15 is 0 Å². The molecule has 0 aliphatic carbocycles. The predicted octanol–water partition coefficient (Wildman–Crippen LogP) is 2.86. The van der Waals surface area contributed by atoms with Crippen LogP contribution in [0.2, 0.25) is 0 Å². The van der Waals surface area contributed by atoms with Crippen molar-refractivity contribution in [2.24, 2.45) is 5.92 Å². The lowest BCUT2D eigenvalue weighted by molar-refractivity contribution is 0.0698. The molecule has 0 radical (unpaired) electrons. The Morgan fingerprint density at radius 2 is 1.95 bits per heavy atom. The fourth-order valence-corrected chi connectivity index (χ4v) is 5.25. The van der Waals surface area contributed by atoms with Crippen molar-refractivity contribution in [3.63, 3.8) is 0 Å². The van der Waals surface area contributed by atoms with Crippen LogP contribution in [0.4, 0.5) is 0 Å². The third-order valence-electron chi connectivity index (χ3n) is 3.48. The van der Waals surface area contributed by atoms with Gasteiger partial charge in [-0.25, -0.2) is 17.9 Å². The summed E-state index contributed by atoms with van der Waals surface area (Å²) in [5.41, 5.74) is 0.469. The monoisotopic (exact) mass is 319 g/mol. The summed E-state index contributed by atoms with van der Waals surface area (Å²) in [4.78, 5) is 10.9. The Kier molecular flexibility index (Phi) is 5.73. The van der Waals surface area contributed by atoms with Gasteiger partial charge in [-0.3, -0.25) is 0 Å².